The van der Waals surface area contributed by atoms with Crippen LogP contribution in [-0.2, 0) is 14.2 Å². The summed E-state index contributed by atoms with van der Waals surface area (Å²) in [5, 5.41) is 0. The molecule has 2 amide bonds. The van der Waals surface area contributed by atoms with Crippen molar-refractivity contribution in [1.82, 2.24) is 9.80 Å². The van der Waals surface area contributed by atoms with E-state index in [-0.39, 0.29) is 25.4 Å². The van der Waals surface area contributed by atoms with E-state index >= 15 is 0 Å². The van der Waals surface area contributed by atoms with Gasteiger partial charge in [-0.2, -0.15) is 0 Å². The molecule has 0 heterocycles. The summed E-state index contributed by atoms with van der Waals surface area (Å²) in [5.41, 5.74) is 0. The van der Waals surface area contributed by atoms with Crippen LogP contribution in [0.15, 0.2) is 0 Å². The van der Waals surface area contributed by atoms with Crippen molar-refractivity contribution in [2.24, 2.45) is 0 Å². The molecule has 0 aliphatic carbocycles. The maximum absolute atomic E-state index is 12.2. The third-order valence-electron chi connectivity index (χ3n) is 4.55. The zero-order valence-electron chi connectivity index (χ0n) is 19.2. The number of unbranched alkanes of at least 4 members (excludes halogenated alkanes) is 4. The fraction of sp³-hybridized carbons (Fsp3) is 0.909. The van der Waals surface area contributed by atoms with Gasteiger partial charge in [0.25, 0.3) is 0 Å². The Morgan fingerprint density at radius 2 is 0.862 bits per heavy atom. The van der Waals surface area contributed by atoms with Crippen LogP contribution < -0.4 is 0 Å². The number of nitrogens with zero attached hydrogens (tertiary/aromatic N) is 2. The Morgan fingerprint density at radius 1 is 0.552 bits per heavy atom. The highest BCUT2D eigenvalue weighted by Crippen LogP contribution is 2.03. The van der Waals surface area contributed by atoms with Gasteiger partial charge in [-0.15, -0.1) is 0 Å². The zero-order chi connectivity index (χ0) is 21.7. The van der Waals surface area contributed by atoms with Gasteiger partial charge in [0, 0.05) is 26.2 Å². The van der Waals surface area contributed by atoms with Crippen LogP contribution >= 0.6 is 0 Å². The molecule has 0 bridgehead atoms. The van der Waals surface area contributed by atoms with E-state index < -0.39 is 0 Å². The number of rotatable bonds is 18. The highest BCUT2D eigenvalue weighted by atomic mass is 16.6. The quantitative estimate of drug-likeness (QED) is 0.291. The Hall–Kier alpha value is -1.50. The first kappa shape index (κ1) is 27.5. The average molecular weight is 417 g/mol. The molecule has 0 fully saturated rings. The second-order valence-corrected chi connectivity index (χ2v) is 7.23. The van der Waals surface area contributed by atoms with Crippen LogP contribution in [0.2, 0.25) is 0 Å². The molecule has 0 unspecified atom stereocenters. The molecule has 0 aliphatic heterocycles. The molecule has 0 aromatic heterocycles. The van der Waals surface area contributed by atoms with E-state index in [2.05, 4.69) is 27.7 Å². The lowest BCUT2D eigenvalue weighted by atomic mass is 10.3. The molecule has 0 aliphatic rings. The number of carbonyl (C=O) groups is 2. The standard InChI is InChI=1S/C22H44N2O5/c1-5-9-13-23(14-10-6-2)21(25)28-19-17-27-18-20-29-22(26)24(15-11-7-3)16-12-8-4/h5-20H2,1-4H3. The van der Waals surface area contributed by atoms with Gasteiger partial charge < -0.3 is 24.0 Å². The molecule has 0 rings (SSSR count). The number of hydrogen-bond donors (Lipinski definition) is 0. The van der Waals surface area contributed by atoms with Crippen LogP contribution in [0.3, 0.4) is 0 Å². The van der Waals surface area contributed by atoms with Gasteiger partial charge in [-0.1, -0.05) is 53.4 Å². The van der Waals surface area contributed by atoms with E-state index in [4.69, 9.17) is 14.2 Å². The molecule has 0 N–H and O–H groups in total. The minimum atomic E-state index is -0.274. The second kappa shape index (κ2) is 19.8. The third kappa shape index (κ3) is 15.1. The summed E-state index contributed by atoms with van der Waals surface area (Å²) in [6.07, 6.45) is 7.56. The molecule has 0 radical (unpaired) electrons. The molecule has 0 saturated heterocycles. The van der Waals surface area contributed by atoms with Crippen molar-refractivity contribution in [1.29, 1.82) is 0 Å². The van der Waals surface area contributed by atoms with Crippen LogP contribution in [0.25, 0.3) is 0 Å². The predicted octanol–water partition coefficient (Wildman–Crippen LogP) is 5.08. The molecule has 0 spiro atoms. The van der Waals surface area contributed by atoms with Crippen molar-refractivity contribution >= 4 is 12.2 Å². The molecule has 7 heteroatoms. The Bertz CT molecular complexity index is 355. The van der Waals surface area contributed by atoms with Crippen molar-refractivity contribution in [3.8, 4) is 0 Å². The summed E-state index contributed by atoms with van der Waals surface area (Å²) in [7, 11) is 0. The second-order valence-electron chi connectivity index (χ2n) is 7.23. The smallest absolute Gasteiger partial charge is 0.409 e. The monoisotopic (exact) mass is 416 g/mol. The molecule has 172 valence electrons. The minimum absolute atomic E-state index is 0.209. The normalized spacial score (nSPS) is 10.6. The van der Waals surface area contributed by atoms with Gasteiger partial charge in [-0.3, -0.25) is 0 Å². The highest BCUT2D eigenvalue weighted by Gasteiger charge is 2.14. The van der Waals surface area contributed by atoms with E-state index in [0.29, 0.717) is 13.2 Å². The molecular formula is C22H44N2O5. The minimum Gasteiger partial charge on any atom is -0.447 e. The van der Waals surface area contributed by atoms with E-state index in [0.717, 1.165) is 77.5 Å². The topological polar surface area (TPSA) is 68.3 Å². The van der Waals surface area contributed by atoms with Crippen molar-refractivity contribution in [2.75, 3.05) is 52.6 Å². The Balaban J connectivity index is 3.95. The first-order valence-corrected chi connectivity index (χ1v) is 11.5. The van der Waals surface area contributed by atoms with Gasteiger partial charge in [-0.25, -0.2) is 9.59 Å². The first-order valence-electron chi connectivity index (χ1n) is 11.5. The van der Waals surface area contributed by atoms with Gasteiger partial charge in [0.1, 0.15) is 13.2 Å². The summed E-state index contributed by atoms with van der Waals surface area (Å²) in [4.78, 5) is 27.9. The van der Waals surface area contributed by atoms with Crippen molar-refractivity contribution in [2.45, 2.75) is 79.1 Å². The summed E-state index contributed by atoms with van der Waals surface area (Å²) < 4.78 is 16.0. The lowest BCUT2D eigenvalue weighted by Crippen LogP contribution is -2.34. The zero-order valence-corrected chi connectivity index (χ0v) is 19.2. The van der Waals surface area contributed by atoms with Gasteiger partial charge in [-0.05, 0) is 25.7 Å². The molecule has 0 aromatic carbocycles. The van der Waals surface area contributed by atoms with Crippen molar-refractivity contribution in [3.05, 3.63) is 0 Å². The predicted molar refractivity (Wildman–Crippen MR) is 116 cm³/mol. The van der Waals surface area contributed by atoms with E-state index in [1.165, 1.54) is 0 Å². The molecule has 0 atom stereocenters. The summed E-state index contributed by atoms with van der Waals surface area (Å²) >= 11 is 0. The maximum Gasteiger partial charge on any atom is 0.409 e. The molecule has 0 saturated carbocycles. The maximum atomic E-state index is 12.2. The van der Waals surface area contributed by atoms with Crippen LogP contribution in [0.1, 0.15) is 79.1 Å². The van der Waals surface area contributed by atoms with Crippen LogP contribution in [0.4, 0.5) is 9.59 Å². The Labute approximate surface area is 178 Å². The number of hydrogen-bond acceptors (Lipinski definition) is 5. The fourth-order valence-corrected chi connectivity index (χ4v) is 2.65. The summed E-state index contributed by atoms with van der Waals surface area (Å²) in [5.74, 6) is 0. The SMILES string of the molecule is CCCCN(CCCC)C(=O)OCCOCCOC(=O)N(CCCC)CCCC. The molecular weight excluding hydrogens is 372 g/mol. The van der Waals surface area contributed by atoms with Crippen LogP contribution in [0.5, 0.6) is 0 Å². The van der Waals surface area contributed by atoms with Crippen LogP contribution in [-0.4, -0.2) is 74.6 Å². The third-order valence-corrected chi connectivity index (χ3v) is 4.55. The van der Waals surface area contributed by atoms with Crippen molar-refractivity contribution < 1.29 is 23.8 Å². The van der Waals surface area contributed by atoms with Gasteiger partial charge in [0.05, 0.1) is 13.2 Å². The van der Waals surface area contributed by atoms with Gasteiger partial charge in [0.15, 0.2) is 0 Å². The number of amides is 2. The largest absolute Gasteiger partial charge is 0.447 e. The van der Waals surface area contributed by atoms with E-state index in [1.807, 2.05) is 0 Å². The average Bonchev–Trinajstić information content (AvgIpc) is 2.72. The van der Waals surface area contributed by atoms with E-state index in [9.17, 15) is 9.59 Å². The van der Waals surface area contributed by atoms with Crippen molar-refractivity contribution in [3.63, 3.8) is 0 Å². The fourth-order valence-electron chi connectivity index (χ4n) is 2.65. The highest BCUT2D eigenvalue weighted by molar-refractivity contribution is 5.67. The molecule has 29 heavy (non-hydrogen) atoms. The molecule has 7 nitrogen and oxygen atoms in total. The molecule has 0 aromatic rings. The lowest BCUT2D eigenvalue weighted by Gasteiger charge is -2.22. The summed E-state index contributed by atoms with van der Waals surface area (Å²) in [6.45, 7) is 12.4. The van der Waals surface area contributed by atoms with E-state index in [1.54, 1.807) is 9.80 Å². The van der Waals surface area contributed by atoms with Crippen LogP contribution in [0, 0.1) is 0 Å². The number of ether oxygens (including phenoxy) is 3. The van der Waals surface area contributed by atoms with Gasteiger partial charge >= 0.3 is 12.2 Å². The number of carbonyl (C=O) groups excluding carboxylic acids is 2. The van der Waals surface area contributed by atoms with Gasteiger partial charge in [0.2, 0.25) is 0 Å². The lowest BCUT2D eigenvalue weighted by molar-refractivity contribution is 0.0292. The Kier molecular flexibility index (Phi) is 18.8. The Morgan fingerprint density at radius 3 is 1.14 bits per heavy atom. The summed E-state index contributed by atoms with van der Waals surface area (Å²) in [6, 6.07) is 0. The first-order chi connectivity index (χ1) is 14.1.